The maximum absolute atomic E-state index is 11.2. The van der Waals surface area contributed by atoms with Gasteiger partial charge in [-0.1, -0.05) is 0 Å². The quantitative estimate of drug-likeness (QED) is 0.612. The highest BCUT2D eigenvalue weighted by atomic mass is 16.4. The fraction of sp³-hybridized carbons (Fsp3) is 0.500. The molecule has 1 heterocycles. The summed E-state index contributed by atoms with van der Waals surface area (Å²) in [5.74, 6) is -1.16. The lowest BCUT2D eigenvalue weighted by atomic mass is 10.2. The second-order valence-electron chi connectivity index (χ2n) is 2.83. The molecular weight excluding hydrogens is 172 g/mol. The summed E-state index contributed by atoms with van der Waals surface area (Å²) in [6.07, 6.45) is 1.42. The lowest BCUT2D eigenvalue weighted by Crippen LogP contribution is -2.28. The molecule has 1 amide bonds. The number of aliphatic carboxylic acids is 1. The molecule has 0 saturated heterocycles. The summed E-state index contributed by atoms with van der Waals surface area (Å²) in [6, 6.07) is 0. The highest BCUT2D eigenvalue weighted by Crippen LogP contribution is 2.14. The summed E-state index contributed by atoms with van der Waals surface area (Å²) in [7, 11) is 1.78. The van der Waals surface area contributed by atoms with Gasteiger partial charge in [0.05, 0.1) is 12.0 Å². The molecule has 0 aliphatic carbocycles. The van der Waals surface area contributed by atoms with Crippen LogP contribution in [0.2, 0.25) is 0 Å². The number of nitrogens with zero attached hydrogens (tertiary/aromatic N) is 1. The number of carboxylic acids is 1. The zero-order chi connectivity index (χ0) is 9.84. The van der Waals surface area contributed by atoms with E-state index in [0.717, 1.165) is 0 Å². The Morgan fingerprint density at radius 1 is 1.77 bits per heavy atom. The molecule has 0 aromatic heterocycles. The lowest BCUT2D eigenvalue weighted by molar-refractivity contribution is -0.134. The Balaban J connectivity index is 2.56. The van der Waals surface area contributed by atoms with Crippen LogP contribution in [0.1, 0.15) is 6.42 Å². The highest BCUT2D eigenvalue weighted by Gasteiger charge is 2.24. The van der Waals surface area contributed by atoms with Crippen molar-refractivity contribution in [2.24, 2.45) is 0 Å². The van der Waals surface area contributed by atoms with Crippen molar-refractivity contribution in [2.45, 2.75) is 6.42 Å². The number of likely N-dealkylation sites (N-methyl/N-ethyl adjacent to an activating group) is 1. The standard InChI is InChI=1S/C8H12N2O3/c1-9-2-3-10-5-6(8(12)13)4-7(10)11/h5,9H,2-4H2,1H3,(H,12,13). The van der Waals surface area contributed by atoms with Crippen LogP contribution < -0.4 is 5.32 Å². The fourth-order valence-electron chi connectivity index (χ4n) is 1.12. The maximum atomic E-state index is 11.2. The van der Waals surface area contributed by atoms with Crippen molar-refractivity contribution in [1.82, 2.24) is 10.2 Å². The van der Waals surface area contributed by atoms with Crippen LogP contribution in [0.15, 0.2) is 11.8 Å². The minimum Gasteiger partial charge on any atom is -0.478 e. The lowest BCUT2D eigenvalue weighted by Gasteiger charge is -2.11. The molecule has 1 rings (SSSR count). The highest BCUT2D eigenvalue weighted by molar-refractivity contribution is 5.97. The molecule has 0 unspecified atom stereocenters. The smallest absolute Gasteiger partial charge is 0.333 e. The van der Waals surface area contributed by atoms with E-state index in [1.165, 1.54) is 11.1 Å². The molecule has 1 aliphatic heterocycles. The molecule has 0 fully saturated rings. The molecule has 0 aromatic carbocycles. The number of rotatable bonds is 4. The van der Waals surface area contributed by atoms with Gasteiger partial charge in [-0.05, 0) is 7.05 Å². The van der Waals surface area contributed by atoms with Crippen LogP contribution in [0.25, 0.3) is 0 Å². The van der Waals surface area contributed by atoms with Crippen LogP contribution >= 0.6 is 0 Å². The van der Waals surface area contributed by atoms with Gasteiger partial charge < -0.3 is 15.3 Å². The number of carbonyl (C=O) groups excluding carboxylic acids is 1. The Morgan fingerprint density at radius 2 is 2.46 bits per heavy atom. The van der Waals surface area contributed by atoms with Gasteiger partial charge in [-0.15, -0.1) is 0 Å². The minimum atomic E-state index is -1.01. The number of carboxylic acid groups (broad SMARTS) is 1. The molecule has 0 saturated carbocycles. The molecule has 0 atom stereocenters. The van der Waals surface area contributed by atoms with E-state index in [1.807, 2.05) is 0 Å². The number of amides is 1. The van der Waals surface area contributed by atoms with Crippen molar-refractivity contribution in [1.29, 1.82) is 0 Å². The van der Waals surface area contributed by atoms with E-state index in [1.54, 1.807) is 7.05 Å². The first kappa shape index (κ1) is 9.73. The van der Waals surface area contributed by atoms with Crippen LogP contribution in [0.5, 0.6) is 0 Å². The molecule has 0 bridgehead atoms. The first-order chi connectivity index (χ1) is 6.15. The predicted molar refractivity (Wildman–Crippen MR) is 46.0 cm³/mol. The van der Waals surface area contributed by atoms with Gasteiger partial charge >= 0.3 is 5.97 Å². The van der Waals surface area contributed by atoms with E-state index >= 15 is 0 Å². The van der Waals surface area contributed by atoms with E-state index in [9.17, 15) is 9.59 Å². The topological polar surface area (TPSA) is 69.6 Å². The van der Waals surface area contributed by atoms with E-state index in [2.05, 4.69) is 5.32 Å². The number of hydrogen-bond donors (Lipinski definition) is 2. The van der Waals surface area contributed by atoms with E-state index in [4.69, 9.17) is 5.11 Å². The van der Waals surface area contributed by atoms with Crippen LogP contribution in [0.3, 0.4) is 0 Å². The molecule has 72 valence electrons. The zero-order valence-electron chi connectivity index (χ0n) is 7.41. The Hall–Kier alpha value is -1.36. The van der Waals surface area contributed by atoms with Gasteiger partial charge in [-0.3, -0.25) is 4.79 Å². The first-order valence-electron chi connectivity index (χ1n) is 4.03. The second kappa shape index (κ2) is 4.04. The van der Waals surface area contributed by atoms with Crippen molar-refractivity contribution in [2.75, 3.05) is 20.1 Å². The molecule has 13 heavy (non-hydrogen) atoms. The monoisotopic (exact) mass is 184 g/mol. The third-order valence-electron chi connectivity index (χ3n) is 1.85. The van der Waals surface area contributed by atoms with Gasteiger partial charge in [0.2, 0.25) is 5.91 Å². The minimum absolute atomic E-state index is 0.0129. The van der Waals surface area contributed by atoms with Gasteiger partial charge in [0, 0.05) is 19.3 Å². The molecule has 5 heteroatoms. The fourth-order valence-corrected chi connectivity index (χ4v) is 1.12. The molecule has 5 nitrogen and oxygen atoms in total. The van der Waals surface area contributed by atoms with Gasteiger partial charge in [0.25, 0.3) is 0 Å². The Morgan fingerprint density at radius 3 is 2.92 bits per heavy atom. The Labute approximate surface area is 76.0 Å². The summed E-state index contributed by atoms with van der Waals surface area (Å²) in [6.45, 7) is 1.18. The van der Waals surface area contributed by atoms with E-state index < -0.39 is 5.97 Å². The number of nitrogens with one attached hydrogen (secondary N) is 1. The molecule has 2 N–H and O–H groups in total. The average Bonchev–Trinajstić information content (AvgIpc) is 2.44. The van der Waals surface area contributed by atoms with Gasteiger partial charge in [-0.25, -0.2) is 4.79 Å². The van der Waals surface area contributed by atoms with Gasteiger partial charge in [-0.2, -0.15) is 0 Å². The Bertz CT molecular complexity index is 260. The largest absolute Gasteiger partial charge is 0.478 e. The summed E-state index contributed by atoms with van der Waals surface area (Å²) in [5, 5.41) is 11.5. The van der Waals surface area contributed by atoms with E-state index in [-0.39, 0.29) is 17.9 Å². The second-order valence-corrected chi connectivity index (χ2v) is 2.83. The molecule has 1 aliphatic rings. The van der Waals surface area contributed by atoms with Crippen molar-refractivity contribution < 1.29 is 14.7 Å². The molecule has 0 aromatic rings. The average molecular weight is 184 g/mol. The van der Waals surface area contributed by atoms with Gasteiger partial charge in [0.1, 0.15) is 0 Å². The molecule has 0 spiro atoms. The molecule has 0 radical (unpaired) electrons. The van der Waals surface area contributed by atoms with Crippen LogP contribution in [-0.4, -0.2) is 42.0 Å². The van der Waals surface area contributed by atoms with Crippen molar-refractivity contribution in [3.8, 4) is 0 Å². The Kier molecular flexibility index (Phi) is 3.02. The number of carbonyl (C=O) groups is 2. The van der Waals surface area contributed by atoms with E-state index in [0.29, 0.717) is 13.1 Å². The number of hydrogen-bond acceptors (Lipinski definition) is 3. The summed E-state index contributed by atoms with van der Waals surface area (Å²) >= 11 is 0. The first-order valence-corrected chi connectivity index (χ1v) is 4.03. The van der Waals surface area contributed by atoms with Crippen LogP contribution in [-0.2, 0) is 9.59 Å². The normalized spacial score (nSPS) is 16.2. The third kappa shape index (κ3) is 2.29. The third-order valence-corrected chi connectivity index (χ3v) is 1.85. The predicted octanol–water partition coefficient (Wildman–Crippen LogP) is -0.593. The van der Waals surface area contributed by atoms with Gasteiger partial charge in [0.15, 0.2) is 0 Å². The van der Waals surface area contributed by atoms with Crippen LogP contribution in [0.4, 0.5) is 0 Å². The summed E-state index contributed by atoms with van der Waals surface area (Å²) in [4.78, 5) is 23.1. The summed E-state index contributed by atoms with van der Waals surface area (Å²) < 4.78 is 0. The van der Waals surface area contributed by atoms with Crippen molar-refractivity contribution >= 4 is 11.9 Å². The zero-order valence-corrected chi connectivity index (χ0v) is 7.41. The van der Waals surface area contributed by atoms with Crippen LogP contribution in [0, 0.1) is 0 Å². The maximum Gasteiger partial charge on any atom is 0.333 e. The van der Waals surface area contributed by atoms with Crippen molar-refractivity contribution in [3.63, 3.8) is 0 Å². The SMILES string of the molecule is CNCCN1C=C(C(=O)O)CC1=O. The summed E-state index contributed by atoms with van der Waals surface area (Å²) in [5.41, 5.74) is 0.168. The van der Waals surface area contributed by atoms with Crippen molar-refractivity contribution in [3.05, 3.63) is 11.8 Å². The molecular formula is C8H12N2O3.